The van der Waals surface area contributed by atoms with E-state index in [4.69, 9.17) is 9.47 Å². The molecule has 1 aromatic heterocycles. The summed E-state index contributed by atoms with van der Waals surface area (Å²) in [6, 6.07) is 7.19. The van der Waals surface area contributed by atoms with Gasteiger partial charge in [-0.05, 0) is 25.1 Å². The van der Waals surface area contributed by atoms with Crippen LogP contribution in [0.25, 0.3) is 0 Å². The van der Waals surface area contributed by atoms with Crippen LogP contribution in [-0.4, -0.2) is 42.3 Å². The highest BCUT2D eigenvalue weighted by Crippen LogP contribution is 2.35. The average Bonchev–Trinajstić information content (AvgIpc) is 3.08. The maximum atomic E-state index is 12.1. The van der Waals surface area contributed by atoms with E-state index in [9.17, 15) is 24.5 Å². The molecule has 10 heteroatoms. The number of fused-ring (bicyclic) bond motifs is 1. The number of esters is 1. The molecule has 1 aromatic carbocycles. The molecule has 1 aliphatic heterocycles. The fourth-order valence-electron chi connectivity index (χ4n) is 2.45. The van der Waals surface area contributed by atoms with Crippen LogP contribution in [-0.2, 0) is 14.3 Å². The first-order chi connectivity index (χ1) is 12.8. The summed E-state index contributed by atoms with van der Waals surface area (Å²) in [7, 11) is 0. The fourth-order valence-corrected chi connectivity index (χ4v) is 3.25. The zero-order chi connectivity index (χ0) is 19.6. The highest BCUT2D eigenvalue weighted by atomic mass is 32.1. The molecule has 0 spiro atoms. The van der Waals surface area contributed by atoms with E-state index in [-0.39, 0.29) is 29.5 Å². The number of ether oxygens (including phenoxy) is 2. The maximum absolute atomic E-state index is 12.1. The van der Waals surface area contributed by atoms with Gasteiger partial charge in [-0.2, -0.15) is 0 Å². The number of hydrogen-bond acceptors (Lipinski definition) is 8. The minimum Gasteiger partial charge on any atom is -0.482 e. The Hall–Kier alpha value is -3.27. The predicted molar refractivity (Wildman–Crippen MR) is 95.3 cm³/mol. The van der Waals surface area contributed by atoms with Gasteiger partial charge >= 0.3 is 5.97 Å². The SMILES string of the molecule is Cc1ccc(C(=O)COC(=O)CN2C(=O)COc3ccc([N+](=O)[O-])cc32)s1. The molecule has 0 N–H and O–H groups in total. The van der Waals surface area contributed by atoms with Crippen molar-refractivity contribution < 1.29 is 28.8 Å². The van der Waals surface area contributed by atoms with Gasteiger partial charge in [-0.25, -0.2) is 0 Å². The topological polar surface area (TPSA) is 116 Å². The number of aryl methyl sites for hydroxylation is 1. The average molecular weight is 390 g/mol. The first kappa shape index (κ1) is 18.5. The van der Waals surface area contributed by atoms with Crippen molar-refractivity contribution in [3.63, 3.8) is 0 Å². The molecule has 0 bridgehead atoms. The van der Waals surface area contributed by atoms with Crippen molar-refractivity contribution in [1.29, 1.82) is 0 Å². The Kier molecular flexibility index (Phi) is 5.17. The number of Topliss-reactive ketones (excluding diaryl/α,β-unsaturated/α-hetero) is 1. The summed E-state index contributed by atoms with van der Waals surface area (Å²) in [6.45, 7) is 0.631. The van der Waals surface area contributed by atoms with E-state index in [2.05, 4.69) is 0 Å². The number of hydrogen-bond donors (Lipinski definition) is 0. The second-order valence-corrected chi connectivity index (χ2v) is 6.96. The number of ketones is 1. The molecular formula is C17H14N2O7S. The Balaban J connectivity index is 1.68. The van der Waals surface area contributed by atoms with Gasteiger partial charge in [0, 0.05) is 17.0 Å². The Bertz CT molecular complexity index is 937. The molecule has 1 aliphatic rings. The second kappa shape index (κ2) is 7.54. The van der Waals surface area contributed by atoms with Crippen LogP contribution in [0, 0.1) is 17.0 Å². The van der Waals surface area contributed by atoms with Crippen LogP contribution in [0.5, 0.6) is 5.75 Å². The monoisotopic (exact) mass is 390 g/mol. The summed E-state index contributed by atoms with van der Waals surface area (Å²) in [4.78, 5) is 49.0. The van der Waals surface area contributed by atoms with Crippen molar-refractivity contribution in [2.75, 3.05) is 24.7 Å². The van der Waals surface area contributed by atoms with Gasteiger partial charge in [-0.15, -0.1) is 11.3 Å². The van der Waals surface area contributed by atoms with Crippen LogP contribution in [0.15, 0.2) is 30.3 Å². The third kappa shape index (κ3) is 4.11. The number of anilines is 1. The zero-order valence-electron chi connectivity index (χ0n) is 14.2. The predicted octanol–water partition coefficient (Wildman–Crippen LogP) is 2.12. The molecule has 0 saturated heterocycles. The van der Waals surface area contributed by atoms with Crippen molar-refractivity contribution >= 4 is 40.4 Å². The lowest BCUT2D eigenvalue weighted by Gasteiger charge is -2.28. The van der Waals surface area contributed by atoms with Crippen LogP contribution < -0.4 is 9.64 Å². The number of benzene rings is 1. The number of rotatable bonds is 6. The molecule has 3 rings (SSSR count). The van der Waals surface area contributed by atoms with E-state index in [1.165, 1.54) is 23.5 Å². The van der Waals surface area contributed by atoms with Gasteiger partial charge in [0.25, 0.3) is 11.6 Å². The number of non-ortho nitro benzene ring substituents is 1. The van der Waals surface area contributed by atoms with Crippen LogP contribution in [0.1, 0.15) is 14.5 Å². The molecule has 0 radical (unpaired) electrons. The van der Waals surface area contributed by atoms with Crippen molar-refractivity contribution in [3.8, 4) is 5.75 Å². The summed E-state index contributed by atoms with van der Waals surface area (Å²) in [5.74, 6) is -1.44. The van der Waals surface area contributed by atoms with E-state index in [1.807, 2.05) is 6.92 Å². The highest BCUT2D eigenvalue weighted by Gasteiger charge is 2.29. The summed E-state index contributed by atoms with van der Waals surface area (Å²) in [5, 5.41) is 10.9. The lowest BCUT2D eigenvalue weighted by Crippen LogP contribution is -2.42. The van der Waals surface area contributed by atoms with Gasteiger partial charge in [0.2, 0.25) is 5.78 Å². The Morgan fingerprint density at radius 2 is 2.11 bits per heavy atom. The third-order valence-electron chi connectivity index (χ3n) is 3.76. The molecule has 9 nitrogen and oxygen atoms in total. The summed E-state index contributed by atoms with van der Waals surface area (Å²) in [5.41, 5.74) is -0.133. The summed E-state index contributed by atoms with van der Waals surface area (Å²) < 4.78 is 10.2. The molecule has 27 heavy (non-hydrogen) atoms. The lowest BCUT2D eigenvalue weighted by molar-refractivity contribution is -0.384. The van der Waals surface area contributed by atoms with E-state index in [0.29, 0.717) is 4.88 Å². The Morgan fingerprint density at radius 1 is 1.33 bits per heavy atom. The van der Waals surface area contributed by atoms with Crippen LogP contribution in [0.2, 0.25) is 0 Å². The molecule has 1 amide bonds. The summed E-state index contributed by atoms with van der Waals surface area (Å²) >= 11 is 1.29. The molecule has 2 heterocycles. The first-order valence-electron chi connectivity index (χ1n) is 7.82. The van der Waals surface area contributed by atoms with Gasteiger partial charge in [0.15, 0.2) is 13.2 Å². The molecule has 0 unspecified atom stereocenters. The second-order valence-electron chi connectivity index (χ2n) is 5.67. The van der Waals surface area contributed by atoms with Crippen molar-refractivity contribution in [2.24, 2.45) is 0 Å². The molecular weight excluding hydrogens is 376 g/mol. The smallest absolute Gasteiger partial charge is 0.326 e. The zero-order valence-corrected chi connectivity index (χ0v) is 15.0. The van der Waals surface area contributed by atoms with Crippen LogP contribution >= 0.6 is 11.3 Å². The molecule has 140 valence electrons. The summed E-state index contributed by atoms with van der Waals surface area (Å²) in [6.07, 6.45) is 0. The van der Waals surface area contributed by atoms with Gasteiger partial charge in [0.1, 0.15) is 12.3 Å². The molecule has 0 aliphatic carbocycles. The van der Waals surface area contributed by atoms with Crippen LogP contribution in [0.3, 0.4) is 0 Å². The minimum absolute atomic E-state index is 0.109. The number of nitro groups is 1. The minimum atomic E-state index is -0.802. The molecule has 0 fully saturated rings. The van der Waals surface area contributed by atoms with Crippen molar-refractivity contribution in [2.45, 2.75) is 6.92 Å². The van der Waals surface area contributed by atoms with E-state index in [0.717, 1.165) is 15.8 Å². The van der Waals surface area contributed by atoms with E-state index in [1.54, 1.807) is 12.1 Å². The highest BCUT2D eigenvalue weighted by molar-refractivity contribution is 7.14. The standard InChI is InChI=1S/C17H14N2O7S/c1-10-2-5-15(27-10)13(20)8-26-17(22)7-18-12-6-11(19(23)24)3-4-14(12)25-9-16(18)21/h2-6H,7-9H2,1H3. The number of thiophene rings is 1. The van der Waals surface area contributed by atoms with Gasteiger partial charge in [-0.3, -0.25) is 29.4 Å². The van der Waals surface area contributed by atoms with E-state index >= 15 is 0 Å². The van der Waals surface area contributed by atoms with Crippen LogP contribution in [0.4, 0.5) is 11.4 Å². The Labute approximate surface area is 157 Å². The largest absolute Gasteiger partial charge is 0.482 e. The van der Waals surface area contributed by atoms with Crippen molar-refractivity contribution in [1.82, 2.24) is 0 Å². The normalized spacial score (nSPS) is 12.9. The number of carbonyl (C=O) groups excluding carboxylic acids is 3. The van der Waals surface area contributed by atoms with Crippen molar-refractivity contribution in [3.05, 3.63) is 50.2 Å². The lowest BCUT2D eigenvalue weighted by atomic mass is 10.2. The number of nitrogens with zero attached hydrogens (tertiary/aromatic N) is 2. The van der Waals surface area contributed by atoms with E-state index < -0.39 is 30.0 Å². The molecule has 0 saturated carbocycles. The molecule has 0 atom stereocenters. The molecule has 2 aromatic rings. The quantitative estimate of drug-likeness (QED) is 0.321. The van der Waals surface area contributed by atoms with Gasteiger partial charge in [0.05, 0.1) is 15.5 Å². The number of amides is 1. The number of carbonyl (C=O) groups is 3. The van der Waals surface area contributed by atoms with Gasteiger partial charge in [-0.1, -0.05) is 0 Å². The number of nitro benzene ring substituents is 1. The first-order valence-corrected chi connectivity index (χ1v) is 8.63. The van der Waals surface area contributed by atoms with Gasteiger partial charge < -0.3 is 9.47 Å². The fraction of sp³-hybridized carbons (Fsp3) is 0.235. The maximum Gasteiger partial charge on any atom is 0.326 e. The Morgan fingerprint density at radius 3 is 2.78 bits per heavy atom. The third-order valence-corrected chi connectivity index (χ3v) is 4.80.